The summed E-state index contributed by atoms with van der Waals surface area (Å²) in [7, 11) is 0. The summed E-state index contributed by atoms with van der Waals surface area (Å²) in [5.74, 6) is 0. The molecule has 1 heterocycles. The maximum atomic E-state index is 8.77. The van der Waals surface area contributed by atoms with Crippen LogP contribution in [0.3, 0.4) is 0 Å². The van der Waals surface area contributed by atoms with E-state index in [1.54, 1.807) is 0 Å². The van der Waals surface area contributed by atoms with Crippen molar-refractivity contribution in [2.24, 2.45) is 0 Å². The van der Waals surface area contributed by atoms with Crippen LogP contribution in [0.15, 0.2) is 48.8 Å². The molecular weight excluding hydrogens is 232 g/mol. The number of aromatic nitrogens is 1. The van der Waals surface area contributed by atoms with Gasteiger partial charge in [0.25, 0.3) is 0 Å². The van der Waals surface area contributed by atoms with Crippen molar-refractivity contribution in [2.45, 2.75) is 32.7 Å². The molecule has 0 spiro atoms. The Labute approximate surface area is 115 Å². The zero-order valence-corrected chi connectivity index (χ0v) is 11.7. The Bertz CT molecular complexity index is 581. The SMILES string of the molecule is CC(C)(C)c1ccc(C[n+]2ccc(C#N)cc2)cc1. The van der Waals surface area contributed by atoms with E-state index in [9.17, 15) is 0 Å². The molecule has 1 aromatic heterocycles. The zero-order valence-electron chi connectivity index (χ0n) is 11.7. The second-order valence-electron chi connectivity index (χ2n) is 5.82. The Kier molecular flexibility index (Phi) is 3.66. The fourth-order valence-electron chi connectivity index (χ4n) is 1.96. The van der Waals surface area contributed by atoms with Crippen LogP contribution in [0.1, 0.15) is 37.5 Å². The van der Waals surface area contributed by atoms with Gasteiger partial charge in [0.1, 0.15) is 0 Å². The second kappa shape index (κ2) is 5.24. The highest BCUT2D eigenvalue weighted by Gasteiger charge is 2.13. The first kappa shape index (κ1) is 13.3. The van der Waals surface area contributed by atoms with Gasteiger partial charge in [-0.25, -0.2) is 4.57 Å². The maximum Gasteiger partial charge on any atom is 0.173 e. The van der Waals surface area contributed by atoms with Crippen molar-refractivity contribution in [3.05, 3.63) is 65.5 Å². The third-order valence-corrected chi connectivity index (χ3v) is 3.21. The van der Waals surface area contributed by atoms with E-state index in [-0.39, 0.29) is 5.41 Å². The van der Waals surface area contributed by atoms with E-state index in [4.69, 9.17) is 5.26 Å². The van der Waals surface area contributed by atoms with Gasteiger partial charge in [0.15, 0.2) is 18.9 Å². The third kappa shape index (κ3) is 3.42. The van der Waals surface area contributed by atoms with E-state index in [0.29, 0.717) is 5.56 Å². The van der Waals surface area contributed by atoms with E-state index in [1.165, 1.54) is 11.1 Å². The van der Waals surface area contributed by atoms with Crippen LogP contribution in [0, 0.1) is 11.3 Å². The van der Waals surface area contributed by atoms with Crippen molar-refractivity contribution in [3.8, 4) is 6.07 Å². The molecule has 0 saturated carbocycles. The highest BCUT2D eigenvalue weighted by atomic mass is 14.9. The fraction of sp³-hybridized carbons (Fsp3) is 0.294. The lowest BCUT2D eigenvalue weighted by molar-refractivity contribution is -0.688. The van der Waals surface area contributed by atoms with Crippen LogP contribution in [0.25, 0.3) is 0 Å². The minimum absolute atomic E-state index is 0.195. The number of hydrogen-bond donors (Lipinski definition) is 0. The third-order valence-electron chi connectivity index (χ3n) is 3.21. The molecule has 0 bridgehead atoms. The van der Waals surface area contributed by atoms with Gasteiger partial charge in [-0.15, -0.1) is 0 Å². The molecule has 0 saturated heterocycles. The van der Waals surface area contributed by atoms with Gasteiger partial charge in [-0.3, -0.25) is 0 Å². The minimum atomic E-state index is 0.195. The van der Waals surface area contributed by atoms with E-state index in [1.807, 2.05) is 24.5 Å². The lowest BCUT2D eigenvalue weighted by atomic mass is 9.87. The first-order valence-electron chi connectivity index (χ1n) is 6.48. The Morgan fingerprint density at radius 3 is 2.05 bits per heavy atom. The largest absolute Gasteiger partial charge is 0.201 e. The maximum absolute atomic E-state index is 8.77. The number of rotatable bonds is 2. The van der Waals surface area contributed by atoms with Crippen molar-refractivity contribution in [1.29, 1.82) is 5.26 Å². The van der Waals surface area contributed by atoms with Gasteiger partial charge < -0.3 is 0 Å². The Morgan fingerprint density at radius 2 is 1.58 bits per heavy atom. The van der Waals surface area contributed by atoms with Gasteiger partial charge in [-0.2, -0.15) is 5.26 Å². The van der Waals surface area contributed by atoms with Crippen LogP contribution >= 0.6 is 0 Å². The molecule has 19 heavy (non-hydrogen) atoms. The second-order valence-corrected chi connectivity index (χ2v) is 5.82. The van der Waals surface area contributed by atoms with Crippen LogP contribution in [-0.2, 0) is 12.0 Å². The summed E-state index contributed by atoms with van der Waals surface area (Å²) in [5.41, 5.74) is 3.50. The van der Waals surface area contributed by atoms with Crippen molar-refractivity contribution in [2.75, 3.05) is 0 Å². The number of nitrogens with zero attached hydrogens (tertiary/aromatic N) is 2. The van der Waals surface area contributed by atoms with Gasteiger partial charge in [0, 0.05) is 17.7 Å². The smallest absolute Gasteiger partial charge is 0.173 e. The number of nitriles is 1. The Balaban J connectivity index is 2.13. The van der Waals surface area contributed by atoms with Crippen molar-refractivity contribution >= 4 is 0 Å². The molecule has 2 rings (SSSR count). The summed E-state index contributed by atoms with van der Waals surface area (Å²) < 4.78 is 2.08. The standard InChI is InChI=1S/C17H19N2/c1-17(2,3)16-6-4-15(5-7-16)13-19-10-8-14(12-18)9-11-19/h4-11H,13H2,1-3H3/q+1. The molecular formula is C17H19N2+. The molecule has 0 aliphatic carbocycles. The average Bonchev–Trinajstić information content (AvgIpc) is 2.39. The van der Waals surface area contributed by atoms with Crippen LogP contribution in [0.5, 0.6) is 0 Å². The van der Waals surface area contributed by atoms with Crippen LogP contribution in [-0.4, -0.2) is 0 Å². The van der Waals surface area contributed by atoms with E-state index < -0.39 is 0 Å². The predicted molar refractivity (Wildman–Crippen MR) is 75.6 cm³/mol. The lowest BCUT2D eigenvalue weighted by Crippen LogP contribution is -2.33. The minimum Gasteiger partial charge on any atom is -0.201 e. The number of hydrogen-bond acceptors (Lipinski definition) is 1. The molecule has 0 amide bonds. The summed E-state index contributed by atoms with van der Waals surface area (Å²) in [6.07, 6.45) is 3.88. The molecule has 2 aromatic rings. The lowest BCUT2D eigenvalue weighted by Gasteiger charge is -2.18. The van der Waals surface area contributed by atoms with E-state index in [2.05, 4.69) is 55.7 Å². The average molecular weight is 251 g/mol. The monoisotopic (exact) mass is 251 g/mol. The predicted octanol–water partition coefficient (Wildman–Crippen LogP) is 3.19. The molecule has 2 heteroatoms. The first-order valence-corrected chi connectivity index (χ1v) is 6.48. The Hall–Kier alpha value is -2.14. The molecule has 0 unspecified atom stereocenters. The summed E-state index contributed by atoms with van der Waals surface area (Å²) in [6.45, 7) is 7.49. The van der Waals surface area contributed by atoms with E-state index >= 15 is 0 Å². The summed E-state index contributed by atoms with van der Waals surface area (Å²) in [4.78, 5) is 0. The summed E-state index contributed by atoms with van der Waals surface area (Å²) >= 11 is 0. The van der Waals surface area contributed by atoms with Crippen LogP contribution < -0.4 is 4.57 Å². The van der Waals surface area contributed by atoms with Gasteiger partial charge in [-0.1, -0.05) is 45.0 Å². The Morgan fingerprint density at radius 1 is 1.00 bits per heavy atom. The highest BCUT2D eigenvalue weighted by molar-refractivity contribution is 5.27. The van der Waals surface area contributed by atoms with E-state index in [0.717, 1.165) is 6.54 Å². The molecule has 0 radical (unpaired) electrons. The number of benzene rings is 1. The molecule has 96 valence electrons. The van der Waals surface area contributed by atoms with Crippen LogP contribution in [0.2, 0.25) is 0 Å². The molecule has 1 aromatic carbocycles. The molecule has 0 fully saturated rings. The van der Waals surface area contributed by atoms with Gasteiger partial charge >= 0.3 is 0 Å². The molecule has 0 N–H and O–H groups in total. The summed E-state index contributed by atoms with van der Waals surface area (Å²) in [6, 6.07) is 14.5. The first-order chi connectivity index (χ1) is 8.99. The topological polar surface area (TPSA) is 27.7 Å². The quantitative estimate of drug-likeness (QED) is 0.753. The van der Waals surface area contributed by atoms with Gasteiger partial charge in [0.2, 0.25) is 0 Å². The summed E-state index contributed by atoms with van der Waals surface area (Å²) in [5, 5.41) is 8.77. The van der Waals surface area contributed by atoms with Crippen molar-refractivity contribution < 1.29 is 4.57 Å². The van der Waals surface area contributed by atoms with Gasteiger partial charge in [0.05, 0.1) is 11.6 Å². The highest BCUT2D eigenvalue weighted by Crippen LogP contribution is 2.22. The van der Waals surface area contributed by atoms with Crippen molar-refractivity contribution in [3.63, 3.8) is 0 Å². The molecule has 0 aliphatic rings. The number of pyridine rings is 1. The zero-order chi connectivity index (χ0) is 13.9. The van der Waals surface area contributed by atoms with Crippen molar-refractivity contribution in [1.82, 2.24) is 0 Å². The fourth-order valence-corrected chi connectivity index (χ4v) is 1.96. The van der Waals surface area contributed by atoms with Gasteiger partial charge in [-0.05, 0) is 11.0 Å². The van der Waals surface area contributed by atoms with Crippen LogP contribution in [0.4, 0.5) is 0 Å². The molecule has 0 atom stereocenters. The molecule has 0 aliphatic heterocycles. The molecule has 2 nitrogen and oxygen atoms in total. The normalized spacial score (nSPS) is 11.1.